The highest BCUT2D eigenvalue weighted by atomic mass is 16.4. The van der Waals surface area contributed by atoms with Gasteiger partial charge in [-0.3, -0.25) is 4.79 Å². The predicted octanol–water partition coefficient (Wildman–Crippen LogP) is 2.51. The molecule has 0 aliphatic rings. The zero-order chi connectivity index (χ0) is 14.4. The van der Waals surface area contributed by atoms with Gasteiger partial charge in [0.15, 0.2) is 0 Å². The molecule has 0 aliphatic heterocycles. The van der Waals surface area contributed by atoms with Crippen LogP contribution in [0.4, 0.5) is 11.4 Å². The van der Waals surface area contributed by atoms with Crippen molar-refractivity contribution in [2.75, 3.05) is 17.7 Å². The monoisotopic (exact) mass is 264 g/mol. The van der Waals surface area contributed by atoms with E-state index in [1.807, 2.05) is 0 Å². The van der Waals surface area contributed by atoms with Crippen molar-refractivity contribution in [2.45, 2.75) is 32.6 Å². The molecule has 1 aromatic rings. The van der Waals surface area contributed by atoms with E-state index in [9.17, 15) is 9.59 Å². The SMILES string of the molecule is CCCCCC(=O)N(C)c1ccc(C(=O)O)cc1N. The third kappa shape index (κ3) is 3.98. The number of rotatable bonds is 6. The summed E-state index contributed by atoms with van der Waals surface area (Å²) in [6, 6.07) is 4.38. The largest absolute Gasteiger partial charge is 0.478 e. The lowest BCUT2D eigenvalue weighted by Gasteiger charge is -2.19. The van der Waals surface area contributed by atoms with Gasteiger partial charge in [0.2, 0.25) is 5.91 Å². The van der Waals surface area contributed by atoms with E-state index in [0.717, 1.165) is 19.3 Å². The van der Waals surface area contributed by atoms with E-state index in [-0.39, 0.29) is 11.5 Å². The first kappa shape index (κ1) is 15.0. The molecule has 0 fully saturated rings. The van der Waals surface area contributed by atoms with Crippen molar-refractivity contribution in [3.8, 4) is 0 Å². The Morgan fingerprint density at radius 1 is 1.32 bits per heavy atom. The summed E-state index contributed by atoms with van der Waals surface area (Å²) in [6.45, 7) is 2.08. The number of amides is 1. The fourth-order valence-corrected chi connectivity index (χ4v) is 1.82. The minimum atomic E-state index is -1.03. The van der Waals surface area contributed by atoms with Crippen LogP contribution in [0.1, 0.15) is 43.0 Å². The number of carbonyl (C=O) groups is 2. The van der Waals surface area contributed by atoms with Gasteiger partial charge in [0.1, 0.15) is 0 Å². The van der Waals surface area contributed by atoms with Crippen LogP contribution in [0.15, 0.2) is 18.2 Å². The summed E-state index contributed by atoms with van der Waals surface area (Å²) in [5.74, 6) is -1.04. The lowest BCUT2D eigenvalue weighted by atomic mass is 10.1. The number of unbranched alkanes of at least 4 members (excludes halogenated alkanes) is 2. The second-order valence-electron chi connectivity index (χ2n) is 4.49. The topological polar surface area (TPSA) is 83.6 Å². The third-order valence-electron chi connectivity index (χ3n) is 3.00. The summed E-state index contributed by atoms with van der Waals surface area (Å²) in [5.41, 5.74) is 6.76. The van der Waals surface area contributed by atoms with Crippen LogP contribution >= 0.6 is 0 Å². The molecule has 19 heavy (non-hydrogen) atoms. The molecule has 5 nitrogen and oxygen atoms in total. The molecule has 0 bridgehead atoms. The van der Waals surface area contributed by atoms with Gasteiger partial charge in [-0.15, -0.1) is 0 Å². The highest BCUT2D eigenvalue weighted by Gasteiger charge is 2.14. The Kier molecular flexibility index (Phi) is 5.36. The molecule has 3 N–H and O–H groups in total. The van der Waals surface area contributed by atoms with Gasteiger partial charge < -0.3 is 15.7 Å². The van der Waals surface area contributed by atoms with Crippen LogP contribution in [-0.4, -0.2) is 24.0 Å². The van der Waals surface area contributed by atoms with Gasteiger partial charge in [-0.05, 0) is 24.6 Å². The molecule has 0 saturated carbocycles. The van der Waals surface area contributed by atoms with Crippen LogP contribution in [0.2, 0.25) is 0 Å². The number of aromatic carboxylic acids is 1. The number of nitrogens with two attached hydrogens (primary N) is 1. The van der Waals surface area contributed by atoms with E-state index in [2.05, 4.69) is 6.92 Å². The van der Waals surface area contributed by atoms with Crippen LogP contribution in [0.25, 0.3) is 0 Å². The maximum Gasteiger partial charge on any atom is 0.335 e. The van der Waals surface area contributed by atoms with Gasteiger partial charge in [-0.1, -0.05) is 19.8 Å². The van der Waals surface area contributed by atoms with Crippen LogP contribution in [0.5, 0.6) is 0 Å². The number of carbonyl (C=O) groups excluding carboxylic acids is 1. The minimum Gasteiger partial charge on any atom is -0.478 e. The minimum absolute atomic E-state index is 0.0109. The van der Waals surface area contributed by atoms with Gasteiger partial charge in [0, 0.05) is 13.5 Å². The summed E-state index contributed by atoms with van der Waals surface area (Å²) in [6.07, 6.45) is 3.41. The van der Waals surface area contributed by atoms with Gasteiger partial charge in [-0.25, -0.2) is 4.79 Å². The molecule has 0 saturated heterocycles. The molecule has 0 atom stereocenters. The molecule has 1 amide bonds. The molecule has 0 aliphatic carbocycles. The Balaban J connectivity index is 2.79. The molecule has 0 spiro atoms. The zero-order valence-electron chi connectivity index (χ0n) is 11.3. The van der Waals surface area contributed by atoms with Crippen LogP contribution in [0.3, 0.4) is 0 Å². The van der Waals surface area contributed by atoms with Crippen molar-refractivity contribution in [1.29, 1.82) is 0 Å². The standard InChI is InChI=1S/C14H20N2O3/c1-3-4-5-6-13(17)16(2)12-8-7-10(14(18)19)9-11(12)15/h7-9H,3-6,15H2,1-2H3,(H,18,19). The van der Waals surface area contributed by atoms with E-state index >= 15 is 0 Å². The third-order valence-corrected chi connectivity index (χ3v) is 3.00. The predicted molar refractivity (Wildman–Crippen MR) is 75.4 cm³/mol. The fraction of sp³-hybridized carbons (Fsp3) is 0.429. The Morgan fingerprint density at radius 3 is 2.53 bits per heavy atom. The molecular weight excluding hydrogens is 244 g/mol. The average molecular weight is 264 g/mol. The summed E-state index contributed by atoms with van der Waals surface area (Å²) in [5, 5.41) is 8.86. The van der Waals surface area contributed by atoms with E-state index in [1.54, 1.807) is 13.1 Å². The van der Waals surface area contributed by atoms with E-state index < -0.39 is 5.97 Å². The second kappa shape index (κ2) is 6.78. The van der Waals surface area contributed by atoms with Crippen molar-refractivity contribution in [1.82, 2.24) is 0 Å². The fourth-order valence-electron chi connectivity index (χ4n) is 1.82. The molecule has 5 heteroatoms. The Hall–Kier alpha value is -2.04. The molecule has 0 radical (unpaired) electrons. The van der Waals surface area contributed by atoms with Crippen LogP contribution < -0.4 is 10.6 Å². The molecule has 1 aromatic carbocycles. The van der Waals surface area contributed by atoms with Gasteiger partial charge in [0.25, 0.3) is 0 Å². The first-order valence-electron chi connectivity index (χ1n) is 6.36. The Labute approximate surface area is 113 Å². The summed E-state index contributed by atoms with van der Waals surface area (Å²) < 4.78 is 0. The molecule has 0 aromatic heterocycles. The van der Waals surface area contributed by atoms with E-state index in [4.69, 9.17) is 10.8 Å². The number of carboxylic acids is 1. The number of hydrogen-bond donors (Lipinski definition) is 2. The van der Waals surface area contributed by atoms with Crippen LogP contribution in [-0.2, 0) is 4.79 Å². The van der Waals surface area contributed by atoms with E-state index in [0.29, 0.717) is 17.8 Å². The number of carboxylic acid groups (broad SMARTS) is 1. The molecule has 1 rings (SSSR count). The maximum atomic E-state index is 11.9. The number of anilines is 2. The molecule has 104 valence electrons. The van der Waals surface area contributed by atoms with Crippen LogP contribution in [0, 0.1) is 0 Å². The molecular formula is C14H20N2O3. The number of benzene rings is 1. The normalized spacial score (nSPS) is 10.2. The highest BCUT2D eigenvalue weighted by Crippen LogP contribution is 2.24. The first-order chi connectivity index (χ1) is 8.97. The average Bonchev–Trinajstić information content (AvgIpc) is 2.37. The summed E-state index contributed by atoms with van der Waals surface area (Å²) in [4.78, 5) is 24.2. The van der Waals surface area contributed by atoms with Gasteiger partial charge >= 0.3 is 5.97 Å². The quantitative estimate of drug-likeness (QED) is 0.610. The number of hydrogen-bond acceptors (Lipinski definition) is 3. The van der Waals surface area contributed by atoms with Gasteiger partial charge in [-0.2, -0.15) is 0 Å². The van der Waals surface area contributed by atoms with E-state index in [1.165, 1.54) is 17.0 Å². The summed E-state index contributed by atoms with van der Waals surface area (Å²) >= 11 is 0. The Morgan fingerprint density at radius 2 is 2.00 bits per heavy atom. The second-order valence-corrected chi connectivity index (χ2v) is 4.49. The Bertz CT molecular complexity index is 472. The smallest absolute Gasteiger partial charge is 0.335 e. The lowest BCUT2D eigenvalue weighted by molar-refractivity contribution is -0.118. The zero-order valence-corrected chi connectivity index (χ0v) is 11.3. The van der Waals surface area contributed by atoms with Crippen molar-refractivity contribution in [3.05, 3.63) is 23.8 Å². The lowest BCUT2D eigenvalue weighted by Crippen LogP contribution is -2.26. The molecule has 0 heterocycles. The first-order valence-corrected chi connectivity index (χ1v) is 6.36. The van der Waals surface area contributed by atoms with Gasteiger partial charge in [0.05, 0.1) is 16.9 Å². The number of nitrogen functional groups attached to an aromatic ring is 1. The molecule has 0 unspecified atom stereocenters. The highest BCUT2D eigenvalue weighted by molar-refractivity contribution is 5.97. The summed E-state index contributed by atoms with van der Waals surface area (Å²) in [7, 11) is 1.65. The van der Waals surface area contributed by atoms with Crippen molar-refractivity contribution in [3.63, 3.8) is 0 Å². The van der Waals surface area contributed by atoms with Crippen molar-refractivity contribution in [2.24, 2.45) is 0 Å². The van der Waals surface area contributed by atoms with Crippen molar-refractivity contribution >= 4 is 23.3 Å². The number of nitrogens with zero attached hydrogens (tertiary/aromatic N) is 1. The maximum absolute atomic E-state index is 11.9. The van der Waals surface area contributed by atoms with Crippen molar-refractivity contribution < 1.29 is 14.7 Å².